The van der Waals surface area contributed by atoms with Gasteiger partial charge in [-0.3, -0.25) is 0 Å². The normalized spacial score (nSPS) is 11.8. The smallest absolute Gasteiger partial charge is 0.0724 e. The van der Waals surface area contributed by atoms with Crippen LogP contribution in [0.15, 0.2) is 24.3 Å². The van der Waals surface area contributed by atoms with Crippen LogP contribution in [0.3, 0.4) is 0 Å². The molecule has 0 fully saturated rings. The van der Waals surface area contributed by atoms with Gasteiger partial charge in [0.15, 0.2) is 0 Å². The van der Waals surface area contributed by atoms with Crippen LogP contribution < -0.4 is 0 Å². The van der Waals surface area contributed by atoms with E-state index in [4.69, 9.17) is 9.47 Å². The highest BCUT2D eigenvalue weighted by molar-refractivity contribution is 5.21. The maximum absolute atomic E-state index is 5.71. The van der Waals surface area contributed by atoms with E-state index in [2.05, 4.69) is 45.0 Å². The van der Waals surface area contributed by atoms with E-state index in [-0.39, 0.29) is 5.60 Å². The molecule has 0 saturated heterocycles. The molecule has 0 N–H and O–H groups in total. The van der Waals surface area contributed by atoms with E-state index < -0.39 is 0 Å². The van der Waals surface area contributed by atoms with Crippen molar-refractivity contribution >= 4 is 0 Å². The molecule has 1 aromatic carbocycles. The molecule has 0 unspecified atom stereocenters. The third-order valence-electron chi connectivity index (χ3n) is 2.17. The SMILES string of the molecule is CCOCc1ccc(COC(C)(C)C)cc1. The van der Waals surface area contributed by atoms with E-state index in [9.17, 15) is 0 Å². The van der Waals surface area contributed by atoms with Crippen LogP contribution in [0.25, 0.3) is 0 Å². The van der Waals surface area contributed by atoms with Gasteiger partial charge < -0.3 is 9.47 Å². The predicted molar refractivity (Wildman–Crippen MR) is 66.3 cm³/mol. The van der Waals surface area contributed by atoms with Crippen LogP contribution in [-0.4, -0.2) is 12.2 Å². The minimum atomic E-state index is -0.0794. The lowest BCUT2D eigenvalue weighted by atomic mass is 10.1. The molecular weight excluding hydrogens is 200 g/mol. The summed E-state index contributed by atoms with van der Waals surface area (Å²) in [5, 5.41) is 0. The highest BCUT2D eigenvalue weighted by atomic mass is 16.5. The van der Waals surface area contributed by atoms with Gasteiger partial charge in [0, 0.05) is 6.61 Å². The van der Waals surface area contributed by atoms with Crippen molar-refractivity contribution in [2.75, 3.05) is 6.61 Å². The standard InChI is InChI=1S/C14H22O2/c1-5-15-10-12-6-8-13(9-7-12)11-16-14(2,3)4/h6-9H,5,10-11H2,1-4H3. The van der Waals surface area contributed by atoms with Crippen LogP contribution in [0.2, 0.25) is 0 Å². The van der Waals surface area contributed by atoms with Crippen molar-refractivity contribution in [3.63, 3.8) is 0 Å². The van der Waals surface area contributed by atoms with Crippen molar-refractivity contribution in [1.82, 2.24) is 0 Å². The fourth-order valence-corrected chi connectivity index (χ4v) is 1.25. The van der Waals surface area contributed by atoms with E-state index in [0.29, 0.717) is 13.2 Å². The van der Waals surface area contributed by atoms with E-state index in [1.165, 1.54) is 11.1 Å². The molecule has 0 aromatic heterocycles. The third kappa shape index (κ3) is 5.29. The first-order valence-corrected chi connectivity index (χ1v) is 5.81. The monoisotopic (exact) mass is 222 g/mol. The lowest BCUT2D eigenvalue weighted by Gasteiger charge is -2.19. The van der Waals surface area contributed by atoms with Crippen LogP contribution in [0.1, 0.15) is 38.8 Å². The van der Waals surface area contributed by atoms with Crippen molar-refractivity contribution in [2.24, 2.45) is 0 Å². The Bertz CT molecular complexity index is 296. The number of hydrogen-bond acceptors (Lipinski definition) is 2. The molecule has 2 heteroatoms. The van der Waals surface area contributed by atoms with Crippen LogP contribution in [0, 0.1) is 0 Å². The van der Waals surface area contributed by atoms with E-state index in [1.807, 2.05) is 6.92 Å². The Labute approximate surface area is 98.6 Å². The zero-order valence-electron chi connectivity index (χ0n) is 10.7. The van der Waals surface area contributed by atoms with Gasteiger partial charge in [0.25, 0.3) is 0 Å². The summed E-state index contributed by atoms with van der Waals surface area (Å²) in [7, 11) is 0. The Morgan fingerprint density at radius 1 is 0.938 bits per heavy atom. The molecule has 0 aliphatic heterocycles. The van der Waals surface area contributed by atoms with Crippen LogP contribution in [-0.2, 0) is 22.7 Å². The Balaban J connectivity index is 2.45. The van der Waals surface area contributed by atoms with Gasteiger partial charge in [0.05, 0.1) is 18.8 Å². The molecule has 1 aromatic rings. The summed E-state index contributed by atoms with van der Waals surface area (Å²) in [4.78, 5) is 0. The van der Waals surface area contributed by atoms with Crippen LogP contribution in [0.4, 0.5) is 0 Å². The van der Waals surface area contributed by atoms with Gasteiger partial charge >= 0.3 is 0 Å². The maximum Gasteiger partial charge on any atom is 0.0724 e. The van der Waals surface area contributed by atoms with Gasteiger partial charge in [0.1, 0.15) is 0 Å². The average Bonchev–Trinajstić information content (AvgIpc) is 2.24. The molecular formula is C14H22O2. The Kier molecular flexibility index (Phi) is 4.97. The highest BCUT2D eigenvalue weighted by Gasteiger charge is 2.09. The molecule has 90 valence electrons. The van der Waals surface area contributed by atoms with E-state index >= 15 is 0 Å². The summed E-state index contributed by atoms with van der Waals surface area (Å²) < 4.78 is 11.0. The van der Waals surface area contributed by atoms with Crippen molar-refractivity contribution in [3.8, 4) is 0 Å². The molecule has 0 heterocycles. The fraction of sp³-hybridized carbons (Fsp3) is 0.571. The van der Waals surface area contributed by atoms with Crippen LogP contribution in [0.5, 0.6) is 0 Å². The summed E-state index contributed by atoms with van der Waals surface area (Å²) in [6.45, 7) is 10.3. The second kappa shape index (κ2) is 6.02. The Hall–Kier alpha value is -0.860. The molecule has 0 aliphatic rings. The average molecular weight is 222 g/mol. The van der Waals surface area contributed by atoms with Gasteiger partial charge in [-0.2, -0.15) is 0 Å². The molecule has 0 amide bonds. The summed E-state index contributed by atoms with van der Waals surface area (Å²) in [6, 6.07) is 8.38. The van der Waals surface area contributed by atoms with Gasteiger partial charge in [-0.25, -0.2) is 0 Å². The lowest BCUT2D eigenvalue weighted by Crippen LogP contribution is -2.18. The molecule has 0 bridgehead atoms. The molecule has 0 atom stereocenters. The third-order valence-corrected chi connectivity index (χ3v) is 2.17. The minimum absolute atomic E-state index is 0.0794. The topological polar surface area (TPSA) is 18.5 Å². The zero-order valence-corrected chi connectivity index (χ0v) is 10.7. The van der Waals surface area contributed by atoms with Gasteiger partial charge in [-0.15, -0.1) is 0 Å². The summed E-state index contributed by atoms with van der Waals surface area (Å²) in [6.07, 6.45) is 0. The molecule has 0 spiro atoms. The second-order valence-corrected chi connectivity index (χ2v) is 4.85. The highest BCUT2D eigenvalue weighted by Crippen LogP contribution is 2.12. The first kappa shape index (κ1) is 13.2. The summed E-state index contributed by atoms with van der Waals surface area (Å²) in [5.74, 6) is 0. The molecule has 16 heavy (non-hydrogen) atoms. The van der Waals surface area contributed by atoms with Crippen molar-refractivity contribution in [2.45, 2.75) is 46.5 Å². The maximum atomic E-state index is 5.71. The minimum Gasteiger partial charge on any atom is -0.377 e. The quantitative estimate of drug-likeness (QED) is 0.758. The Morgan fingerprint density at radius 2 is 1.44 bits per heavy atom. The van der Waals surface area contributed by atoms with E-state index in [0.717, 1.165) is 6.61 Å². The molecule has 0 aliphatic carbocycles. The predicted octanol–water partition coefficient (Wildman–Crippen LogP) is 3.54. The molecule has 2 nitrogen and oxygen atoms in total. The number of rotatable bonds is 5. The summed E-state index contributed by atoms with van der Waals surface area (Å²) in [5.41, 5.74) is 2.33. The number of benzene rings is 1. The lowest BCUT2D eigenvalue weighted by molar-refractivity contribution is -0.0149. The Morgan fingerprint density at radius 3 is 1.88 bits per heavy atom. The number of hydrogen-bond donors (Lipinski definition) is 0. The van der Waals surface area contributed by atoms with Gasteiger partial charge in [-0.05, 0) is 38.8 Å². The summed E-state index contributed by atoms with van der Waals surface area (Å²) >= 11 is 0. The molecule has 1 rings (SSSR count). The fourth-order valence-electron chi connectivity index (χ4n) is 1.25. The molecule has 0 saturated carbocycles. The molecule has 0 radical (unpaired) electrons. The van der Waals surface area contributed by atoms with Crippen molar-refractivity contribution in [1.29, 1.82) is 0 Å². The first-order valence-electron chi connectivity index (χ1n) is 5.81. The van der Waals surface area contributed by atoms with E-state index in [1.54, 1.807) is 0 Å². The zero-order chi connectivity index (χ0) is 12.0. The van der Waals surface area contributed by atoms with Gasteiger partial charge in [-0.1, -0.05) is 24.3 Å². The second-order valence-electron chi connectivity index (χ2n) is 4.85. The van der Waals surface area contributed by atoms with Crippen molar-refractivity contribution in [3.05, 3.63) is 35.4 Å². The largest absolute Gasteiger partial charge is 0.377 e. The van der Waals surface area contributed by atoms with Crippen LogP contribution >= 0.6 is 0 Å². The van der Waals surface area contributed by atoms with Crippen molar-refractivity contribution < 1.29 is 9.47 Å². The number of ether oxygens (including phenoxy) is 2. The first-order chi connectivity index (χ1) is 7.51. The van der Waals surface area contributed by atoms with Gasteiger partial charge in [0.2, 0.25) is 0 Å².